The van der Waals surface area contributed by atoms with Crippen molar-refractivity contribution in [1.29, 1.82) is 0 Å². The maximum atomic E-state index is 14.6. The SMILES string of the molecule is [CH2]c1cc(N)ccc1-c1ccc(N)cc1COC(=O)/C=C/c1ccc(OC(F)(F)c2ccc(CC(F)(F)F)cc2)cc1. The van der Waals surface area contributed by atoms with E-state index >= 15 is 0 Å². The summed E-state index contributed by atoms with van der Waals surface area (Å²) in [6.45, 7) is 3.96. The highest BCUT2D eigenvalue weighted by Gasteiger charge is 2.35. The zero-order chi connectivity index (χ0) is 30.5. The van der Waals surface area contributed by atoms with Crippen molar-refractivity contribution in [2.24, 2.45) is 0 Å². The summed E-state index contributed by atoms with van der Waals surface area (Å²) in [4.78, 5) is 12.4. The number of halogens is 5. The van der Waals surface area contributed by atoms with Crippen LogP contribution in [0.25, 0.3) is 17.2 Å². The number of nitrogens with two attached hydrogens (primary N) is 2. The fourth-order valence-electron chi connectivity index (χ4n) is 4.14. The summed E-state index contributed by atoms with van der Waals surface area (Å²) in [7, 11) is 0. The van der Waals surface area contributed by atoms with Crippen molar-refractivity contribution >= 4 is 23.4 Å². The van der Waals surface area contributed by atoms with E-state index in [1.54, 1.807) is 24.3 Å². The molecule has 0 heterocycles. The van der Waals surface area contributed by atoms with Crippen LogP contribution in [0.4, 0.5) is 33.3 Å². The number of carbonyl (C=O) groups excluding carboxylic acids is 1. The predicted octanol–water partition coefficient (Wildman–Crippen LogP) is 7.69. The lowest BCUT2D eigenvalue weighted by Gasteiger charge is -2.19. The molecule has 4 rings (SSSR count). The lowest BCUT2D eigenvalue weighted by atomic mass is 9.95. The van der Waals surface area contributed by atoms with Crippen LogP contribution in [0.5, 0.6) is 5.75 Å². The molecule has 0 bridgehead atoms. The van der Waals surface area contributed by atoms with Crippen LogP contribution < -0.4 is 16.2 Å². The zero-order valence-electron chi connectivity index (χ0n) is 22.1. The molecule has 42 heavy (non-hydrogen) atoms. The Balaban J connectivity index is 1.36. The smallest absolute Gasteiger partial charge is 0.426 e. The van der Waals surface area contributed by atoms with Gasteiger partial charge in [-0.2, -0.15) is 22.0 Å². The number of benzene rings is 4. The Morgan fingerprint density at radius 1 is 0.810 bits per heavy atom. The van der Waals surface area contributed by atoms with Crippen LogP contribution in [0.15, 0.2) is 91.0 Å². The van der Waals surface area contributed by atoms with Crippen molar-refractivity contribution in [2.75, 3.05) is 11.5 Å². The molecule has 217 valence electrons. The summed E-state index contributed by atoms with van der Waals surface area (Å²) in [6.07, 6.45) is -6.81. The molecule has 0 amide bonds. The highest BCUT2D eigenvalue weighted by atomic mass is 19.4. The Kier molecular flexibility index (Phi) is 8.84. The molecule has 4 aromatic rings. The standard InChI is InChI=1S/C32H26F5N2O3/c1-20-16-25(38)9-13-28(20)29-14-10-26(39)17-23(29)19-41-30(40)15-6-21-4-11-27(12-5-21)42-32(36,37)24-7-2-22(3-8-24)18-31(33,34)35/h2-17H,1,18-19,38-39H2/b15-6+. The molecule has 4 aromatic carbocycles. The molecule has 0 fully saturated rings. The molecular weight excluding hydrogens is 555 g/mol. The van der Waals surface area contributed by atoms with Gasteiger partial charge < -0.3 is 20.9 Å². The molecule has 0 aromatic heterocycles. The van der Waals surface area contributed by atoms with E-state index in [2.05, 4.69) is 6.92 Å². The molecule has 0 aliphatic rings. The largest absolute Gasteiger partial charge is 0.458 e. The molecule has 0 aliphatic carbocycles. The summed E-state index contributed by atoms with van der Waals surface area (Å²) in [5.41, 5.74) is 15.6. The number of esters is 1. The minimum absolute atomic E-state index is 0.0631. The number of ether oxygens (including phenoxy) is 2. The van der Waals surface area contributed by atoms with Crippen LogP contribution in [0.3, 0.4) is 0 Å². The molecule has 10 heteroatoms. The van der Waals surface area contributed by atoms with Gasteiger partial charge >= 0.3 is 18.3 Å². The number of hydrogen-bond acceptors (Lipinski definition) is 5. The highest BCUT2D eigenvalue weighted by Crippen LogP contribution is 2.33. The Hall–Kier alpha value is -4.86. The van der Waals surface area contributed by atoms with Crippen LogP contribution in [-0.4, -0.2) is 12.1 Å². The molecule has 0 aliphatic heterocycles. The lowest BCUT2D eigenvalue weighted by Crippen LogP contribution is -2.22. The van der Waals surface area contributed by atoms with E-state index in [-0.39, 0.29) is 17.9 Å². The molecule has 0 saturated carbocycles. The van der Waals surface area contributed by atoms with Crippen molar-refractivity contribution < 1.29 is 36.2 Å². The summed E-state index contributed by atoms with van der Waals surface area (Å²) in [5.74, 6) is -0.822. The fraction of sp³-hybridized carbons (Fsp3) is 0.125. The fourth-order valence-corrected chi connectivity index (χ4v) is 4.14. The van der Waals surface area contributed by atoms with Gasteiger partial charge in [-0.15, -0.1) is 0 Å². The van der Waals surface area contributed by atoms with Crippen molar-refractivity contribution in [3.63, 3.8) is 0 Å². The number of rotatable bonds is 9. The number of hydrogen-bond donors (Lipinski definition) is 2. The molecule has 0 spiro atoms. The highest BCUT2D eigenvalue weighted by molar-refractivity contribution is 5.87. The first kappa shape index (κ1) is 30.1. The Labute approximate surface area is 239 Å². The third-order valence-electron chi connectivity index (χ3n) is 6.15. The van der Waals surface area contributed by atoms with Crippen LogP contribution >= 0.6 is 0 Å². The summed E-state index contributed by atoms with van der Waals surface area (Å²) in [5, 5.41) is 0. The van der Waals surface area contributed by atoms with E-state index in [4.69, 9.17) is 20.9 Å². The summed E-state index contributed by atoms with van der Waals surface area (Å²) in [6, 6.07) is 19.8. The molecule has 4 N–H and O–H groups in total. The molecule has 0 saturated heterocycles. The maximum Gasteiger partial charge on any atom is 0.426 e. The van der Waals surface area contributed by atoms with E-state index < -0.39 is 30.2 Å². The van der Waals surface area contributed by atoms with Crippen molar-refractivity contribution in [2.45, 2.75) is 25.3 Å². The van der Waals surface area contributed by atoms with Gasteiger partial charge in [0, 0.05) is 17.5 Å². The minimum atomic E-state index is -4.44. The maximum absolute atomic E-state index is 14.6. The van der Waals surface area contributed by atoms with Gasteiger partial charge in [0.1, 0.15) is 12.4 Å². The van der Waals surface area contributed by atoms with Gasteiger partial charge in [-0.1, -0.05) is 36.4 Å². The minimum Gasteiger partial charge on any atom is -0.458 e. The number of anilines is 2. The molecule has 0 atom stereocenters. The average Bonchev–Trinajstić information content (AvgIpc) is 2.91. The van der Waals surface area contributed by atoms with Gasteiger partial charge in [-0.05, 0) is 94.9 Å². The Bertz CT molecular complexity index is 1580. The number of alkyl halides is 5. The van der Waals surface area contributed by atoms with Gasteiger partial charge in [-0.3, -0.25) is 0 Å². The van der Waals surface area contributed by atoms with E-state index in [0.29, 0.717) is 28.1 Å². The van der Waals surface area contributed by atoms with Gasteiger partial charge in [0.15, 0.2) is 0 Å². The normalized spacial score (nSPS) is 12.0. The van der Waals surface area contributed by atoms with Crippen molar-refractivity contribution in [1.82, 2.24) is 0 Å². The third kappa shape index (κ3) is 8.09. The van der Waals surface area contributed by atoms with Crippen molar-refractivity contribution in [3.8, 4) is 16.9 Å². The van der Waals surface area contributed by atoms with Crippen LogP contribution in [0, 0.1) is 6.92 Å². The van der Waals surface area contributed by atoms with E-state index in [0.717, 1.165) is 35.4 Å². The average molecular weight is 582 g/mol. The first-order chi connectivity index (χ1) is 19.8. The van der Waals surface area contributed by atoms with Gasteiger partial charge in [0.2, 0.25) is 0 Å². The van der Waals surface area contributed by atoms with Crippen LogP contribution in [0.2, 0.25) is 0 Å². The molecular formula is C32H26F5N2O3. The summed E-state index contributed by atoms with van der Waals surface area (Å²) >= 11 is 0. The predicted molar refractivity (Wildman–Crippen MR) is 151 cm³/mol. The topological polar surface area (TPSA) is 87.6 Å². The first-order valence-corrected chi connectivity index (χ1v) is 12.6. The second kappa shape index (κ2) is 12.3. The second-order valence-corrected chi connectivity index (χ2v) is 9.45. The second-order valence-electron chi connectivity index (χ2n) is 9.45. The van der Waals surface area contributed by atoms with E-state index in [1.807, 2.05) is 12.1 Å². The Morgan fingerprint density at radius 2 is 1.43 bits per heavy atom. The first-order valence-electron chi connectivity index (χ1n) is 12.6. The van der Waals surface area contributed by atoms with E-state index in [1.165, 1.54) is 36.4 Å². The number of nitrogen functional groups attached to an aromatic ring is 2. The number of carbonyl (C=O) groups is 1. The van der Waals surface area contributed by atoms with Gasteiger partial charge in [-0.25, -0.2) is 4.79 Å². The zero-order valence-corrected chi connectivity index (χ0v) is 22.1. The lowest BCUT2D eigenvalue weighted by molar-refractivity contribution is -0.185. The Morgan fingerprint density at radius 3 is 2.05 bits per heavy atom. The van der Waals surface area contributed by atoms with Crippen LogP contribution in [-0.2, 0) is 28.7 Å². The van der Waals surface area contributed by atoms with Crippen molar-refractivity contribution in [3.05, 3.63) is 126 Å². The molecule has 5 nitrogen and oxygen atoms in total. The van der Waals surface area contributed by atoms with Crippen LogP contribution in [0.1, 0.15) is 27.8 Å². The van der Waals surface area contributed by atoms with Gasteiger partial charge in [0.05, 0.1) is 12.0 Å². The molecule has 0 unspecified atom stereocenters. The van der Waals surface area contributed by atoms with Gasteiger partial charge in [0.25, 0.3) is 0 Å². The quantitative estimate of drug-likeness (QED) is 0.0916. The van der Waals surface area contributed by atoms with E-state index in [9.17, 15) is 26.7 Å². The molecule has 1 radical (unpaired) electrons. The monoisotopic (exact) mass is 581 g/mol. The summed E-state index contributed by atoms with van der Waals surface area (Å²) < 4.78 is 76.8. The third-order valence-corrected chi connectivity index (χ3v) is 6.15.